The van der Waals surface area contributed by atoms with Crippen molar-refractivity contribution in [2.75, 3.05) is 7.11 Å². The van der Waals surface area contributed by atoms with Crippen LogP contribution in [0.5, 0.6) is 0 Å². The van der Waals surface area contributed by atoms with Gasteiger partial charge in [-0.05, 0) is 23.8 Å². The molecule has 0 aliphatic carbocycles. The number of pyridine rings is 1. The molecular formula is C14H11Cl2NO2. The summed E-state index contributed by atoms with van der Waals surface area (Å²) in [4.78, 5) is 15.9. The van der Waals surface area contributed by atoms with E-state index in [2.05, 4.69) is 4.98 Å². The lowest BCUT2D eigenvalue weighted by atomic mass is 10.1. The van der Waals surface area contributed by atoms with Crippen molar-refractivity contribution >= 4 is 29.2 Å². The highest BCUT2D eigenvalue weighted by atomic mass is 35.5. The fraction of sp³-hybridized carbons (Fsp3) is 0.143. The van der Waals surface area contributed by atoms with E-state index in [-0.39, 0.29) is 0 Å². The zero-order valence-corrected chi connectivity index (χ0v) is 11.7. The second-order valence-corrected chi connectivity index (χ2v) is 4.82. The summed E-state index contributed by atoms with van der Waals surface area (Å²) in [6.45, 7) is 0. The number of aromatic nitrogens is 1. The van der Waals surface area contributed by atoms with Crippen LogP contribution in [0.2, 0.25) is 10.0 Å². The number of carbonyl (C=O) groups is 1. The van der Waals surface area contributed by atoms with Gasteiger partial charge in [0.15, 0.2) is 0 Å². The van der Waals surface area contributed by atoms with Gasteiger partial charge in [-0.3, -0.25) is 4.98 Å². The van der Waals surface area contributed by atoms with Gasteiger partial charge in [-0.1, -0.05) is 35.3 Å². The average Bonchev–Trinajstić information content (AvgIpc) is 2.40. The van der Waals surface area contributed by atoms with Gasteiger partial charge in [-0.25, -0.2) is 4.79 Å². The fourth-order valence-electron chi connectivity index (χ4n) is 1.74. The summed E-state index contributed by atoms with van der Waals surface area (Å²) in [6.07, 6.45) is 2.00. The second-order valence-electron chi connectivity index (χ2n) is 3.95. The largest absolute Gasteiger partial charge is 0.465 e. The molecule has 2 rings (SSSR count). The monoisotopic (exact) mass is 295 g/mol. The summed E-state index contributed by atoms with van der Waals surface area (Å²) < 4.78 is 4.73. The Morgan fingerprint density at radius 3 is 2.74 bits per heavy atom. The Bertz CT molecular complexity index is 614. The molecule has 1 aromatic carbocycles. The molecule has 0 radical (unpaired) electrons. The molecule has 0 unspecified atom stereocenters. The van der Waals surface area contributed by atoms with Crippen LogP contribution < -0.4 is 0 Å². The summed E-state index contributed by atoms with van der Waals surface area (Å²) in [6, 6.07) is 8.95. The maximum Gasteiger partial charge on any atom is 0.339 e. The first kappa shape index (κ1) is 13.8. The van der Waals surface area contributed by atoms with Crippen LogP contribution in [0, 0.1) is 0 Å². The minimum atomic E-state index is -0.452. The number of ether oxygens (including phenoxy) is 1. The number of hydrogen-bond acceptors (Lipinski definition) is 3. The van der Waals surface area contributed by atoms with Gasteiger partial charge in [-0.2, -0.15) is 0 Å². The molecule has 0 saturated carbocycles. The molecule has 0 atom stereocenters. The summed E-state index contributed by atoms with van der Waals surface area (Å²) in [5, 5.41) is 1.04. The molecule has 0 bridgehead atoms. The summed E-state index contributed by atoms with van der Waals surface area (Å²) in [5.41, 5.74) is 1.95. The molecule has 0 N–H and O–H groups in total. The second kappa shape index (κ2) is 6.04. The average molecular weight is 296 g/mol. The predicted octanol–water partition coefficient (Wildman–Crippen LogP) is 3.77. The van der Waals surface area contributed by atoms with E-state index in [9.17, 15) is 4.79 Å². The summed E-state index contributed by atoms with van der Waals surface area (Å²) in [7, 11) is 1.33. The molecule has 5 heteroatoms. The fourth-order valence-corrected chi connectivity index (χ4v) is 2.11. The van der Waals surface area contributed by atoms with Crippen molar-refractivity contribution in [3.05, 3.63) is 63.4 Å². The minimum Gasteiger partial charge on any atom is -0.465 e. The van der Waals surface area contributed by atoms with Crippen molar-refractivity contribution in [3.8, 4) is 0 Å². The molecule has 3 nitrogen and oxygen atoms in total. The molecule has 0 fully saturated rings. The van der Waals surface area contributed by atoms with Crippen LogP contribution in [0.15, 0.2) is 36.5 Å². The molecule has 0 saturated heterocycles. The van der Waals surface area contributed by atoms with Gasteiger partial charge >= 0.3 is 5.97 Å². The Hall–Kier alpha value is -1.58. The van der Waals surface area contributed by atoms with Crippen molar-refractivity contribution in [2.24, 2.45) is 0 Å². The number of benzene rings is 1. The zero-order valence-electron chi connectivity index (χ0n) is 10.2. The van der Waals surface area contributed by atoms with E-state index in [0.717, 1.165) is 5.56 Å². The highest BCUT2D eigenvalue weighted by Gasteiger charge is 2.14. The maximum atomic E-state index is 11.7. The van der Waals surface area contributed by atoms with Gasteiger partial charge in [0, 0.05) is 17.6 Å². The van der Waals surface area contributed by atoms with Crippen LogP contribution in [0.1, 0.15) is 21.6 Å². The topological polar surface area (TPSA) is 39.2 Å². The number of halogens is 2. The number of nitrogens with zero attached hydrogens (tertiary/aromatic N) is 1. The summed E-state index contributed by atoms with van der Waals surface area (Å²) in [5.74, 6) is -0.452. The van der Waals surface area contributed by atoms with Crippen molar-refractivity contribution in [1.29, 1.82) is 0 Å². The van der Waals surface area contributed by atoms with Crippen LogP contribution in [-0.2, 0) is 11.2 Å². The minimum absolute atomic E-state index is 0.370. The number of rotatable bonds is 3. The van der Waals surface area contributed by atoms with Crippen molar-refractivity contribution < 1.29 is 9.53 Å². The Morgan fingerprint density at radius 2 is 2.05 bits per heavy atom. The number of methoxy groups -OCH3 is 1. The Labute approximate surface area is 121 Å². The van der Waals surface area contributed by atoms with Crippen LogP contribution in [0.3, 0.4) is 0 Å². The first-order valence-corrected chi connectivity index (χ1v) is 6.33. The molecule has 1 aromatic heterocycles. The van der Waals surface area contributed by atoms with Crippen molar-refractivity contribution in [3.63, 3.8) is 0 Å². The lowest BCUT2D eigenvalue weighted by Crippen LogP contribution is -2.08. The Kier molecular flexibility index (Phi) is 4.40. The zero-order chi connectivity index (χ0) is 13.8. The van der Waals surface area contributed by atoms with Crippen molar-refractivity contribution in [2.45, 2.75) is 6.42 Å². The van der Waals surface area contributed by atoms with Gasteiger partial charge in [-0.15, -0.1) is 0 Å². The smallest absolute Gasteiger partial charge is 0.339 e. The third-order valence-corrected chi connectivity index (χ3v) is 3.04. The lowest BCUT2D eigenvalue weighted by molar-refractivity contribution is 0.0599. The molecule has 2 aromatic rings. The molecule has 0 aliphatic rings. The first-order chi connectivity index (χ1) is 9.10. The quantitative estimate of drug-likeness (QED) is 0.809. The highest BCUT2D eigenvalue weighted by molar-refractivity contribution is 6.31. The van der Waals surface area contributed by atoms with E-state index in [0.29, 0.717) is 27.7 Å². The van der Waals surface area contributed by atoms with Gasteiger partial charge in [0.2, 0.25) is 0 Å². The van der Waals surface area contributed by atoms with Crippen LogP contribution in [-0.4, -0.2) is 18.1 Å². The third kappa shape index (κ3) is 3.46. The first-order valence-electron chi connectivity index (χ1n) is 5.57. The van der Waals surface area contributed by atoms with Crippen LogP contribution in [0.4, 0.5) is 0 Å². The SMILES string of the molecule is COC(=O)c1cc(Cl)cnc1Cc1cccc(Cl)c1. The predicted molar refractivity (Wildman–Crippen MR) is 74.8 cm³/mol. The van der Waals surface area contributed by atoms with E-state index < -0.39 is 5.97 Å². The molecule has 98 valence electrons. The van der Waals surface area contributed by atoms with Crippen LogP contribution in [0.25, 0.3) is 0 Å². The van der Waals surface area contributed by atoms with Gasteiger partial charge in [0.1, 0.15) is 0 Å². The van der Waals surface area contributed by atoms with E-state index >= 15 is 0 Å². The Balaban J connectivity index is 2.37. The third-order valence-electron chi connectivity index (χ3n) is 2.60. The summed E-state index contributed by atoms with van der Waals surface area (Å²) >= 11 is 11.8. The Morgan fingerprint density at radius 1 is 1.26 bits per heavy atom. The van der Waals surface area contributed by atoms with E-state index in [4.69, 9.17) is 27.9 Å². The molecule has 0 spiro atoms. The number of carbonyl (C=O) groups excluding carboxylic acids is 1. The molecule has 0 amide bonds. The number of esters is 1. The highest BCUT2D eigenvalue weighted by Crippen LogP contribution is 2.19. The molecule has 19 heavy (non-hydrogen) atoms. The molecule has 0 aliphatic heterocycles. The van der Waals surface area contributed by atoms with Gasteiger partial charge < -0.3 is 4.74 Å². The van der Waals surface area contributed by atoms with Gasteiger partial charge in [0.25, 0.3) is 0 Å². The number of hydrogen-bond donors (Lipinski definition) is 0. The van der Waals surface area contributed by atoms with Crippen molar-refractivity contribution in [1.82, 2.24) is 4.98 Å². The van der Waals surface area contributed by atoms with Crippen LogP contribution >= 0.6 is 23.2 Å². The molecular weight excluding hydrogens is 285 g/mol. The molecule has 1 heterocycles. The van der Waals surface area contributed by atoms with Gasteiger partial charge in [0.05, 0.1) is 23.4 Å². The maximum absolute atomic E-state index is 11.7. The van der Waals surface area contributed by atoms with E-state index in [1.54, 1.807) is 12.1 Å². The van der Waals surface area contributed by atoms with E-state index in [1.807, 2.05) is 18.2 Å². The normalized spacial score (nSPS) is 10.3. The van der Waals surface area contributed by atoms with E-state index in [1.165, 1.54) is 13.3 Å². The standard InChI is InChI=1S/C14H11Cl2NO2/c1-19-14(18)12-7-11(16)8-17-13(12)6-9-3-2-4-10(15)5-9/h2-5,7-8H,6H2,1H3. The lowest BCUT2D eigenvalue weighted by Gasteiger charge is -2.08.